The minimum absolute atomic E-state index is 0.108. The molecule has 1 aromatic heterocycles. The van der Waals surface area contributed by atoms with Gasteiger partial charge in [0.2, 0.25) is 11.8 Å². The van der Waals surface area contributed by atoms with E-state index < -0.39 is 11.3 Å². The third kappa shape index (κ3) is 3.77. The molecule has 2 aliphatic carbocycles. The van der Waals surface area contributed by atoms with E-state index in [1.54, 1.807) is 7.11 Å². The maximum atomic E-state index is 14.5. The number of piperazine rings is 1. The molecule has 4 aliphatic rings. The van der Waals surface area contributed by atoms with E-state index in [4.69, 9.17) is 10.5 Å². The topological polar surface area (TPSA) is 89.6 Å². The molecule has 208 valence electrons. The minimum Gasteiger partial charge on any atom is -0.497 e. The first-order valence-corrected chi connectivity index (χ1v) is 14.7. The highest BCUT2D eigenvalue weighted by molar-refractivity contribution is 6.01. The van der Waals surface area contributed by atoms with E-state index in [1.807, 2.05) is 23.1 Å². The molecule has 3 fully saturated rings. The second-order valence-electron chi connectivity index (χ2n) is 12.5. The molecule has 7 heteroatoms. The Bertz CT molecular complexity index is 1570. The summed E-state index contributed by atoms with van der Waals surface area (Å²) < 4.78 is 8.05. The van der Waals surface area contributed by atoms with E-state index in [-0.39, 0.29) is 17.9 Å². The number of rotatable bonds is 4. The van der Waals surface area contributed by atoms with Crippen LogP contribution in [0.15, 0.2) is 48.7 Å². The summed E-state index contributed by atoms with van der Waals surface area (Å²) in [5.41, 5.74) is 12.6. The molecule has 2 saturated carbocycles. The van der Waals surface area contributed by atoms with Gasteiger partial charge in [-0.3, -0.25) is 9.59 Å². The Labute approximate surface area is 235 Å². The summed E-state index contributed by atoms with van der Waals surface area (Å²) in [6, 6.07) is 12.4. The third-order valence-electron chi connectivity index (χ3n) is 9.85. The highest BCUT2D eigenvalue weighted by Crippen LogP contribution is 2.66. The second-order valence-corrected chi connectivity index (χ2v) is 12.5. The standard InChI is InChI=1S/C33H38N4O3/c1-19-16-36(17-20(2)35-19)32(39)33-15-27(33)26-14-23(40-3)10-12-24(26)30-29(21-7-5-4-6-8-21)25-11-9-22(31(34)38)13-28(25)37(30)18-33/h9-14,20-21,27,35H,1,4-8,15-18H2,2-3H3,(H2,34,38). The van der Waals surface area contributed by atoms with Crippen molar-refractivity contribution in [3.05, 3.63) is 65.4 Å². The lowest BCUT2D eigenvalue weighted by Gasteiger charge is -2.36. The lowest BCUT2D eigenvalue weighted by molar-refractivity contribution is -0.138. The number of aromatic nitrogens is 1. The first-order valence-electron chi connectivity index (χ1n) is 14.7. The van der Waals surface area contributed by atoms with Crippen molar-refractivity contribution in [3.8, 4) is 17.0 Å². The van der Waals surface area contributed by atoms with Crippen molar-refractivity contribution in [3.63, 3.8) is 0 Å². The van der Waals surface area contributed by atoms with Gasteiger partial charge in [0.15, 0.2) is 0 Å². The average molecular weight is 539 g/mol. The van der Waals surface area contributed by atoms with Crippen molar-refractivity contribution >= 4 is 22.7 Å². The van der Waals surface area contributed by atoms with Crippen molar-refractivity contribution in [1.82, 2.24) is 14.8 Å². The van der Waals surface area contributed by atoms with Crippen molar-refractivity contribution in [1.29, 1.82) is 0 Å². The zero-order chi connectivity index (χ0) is 27.8. The number of carbonyl (C=O) groups excluding carboxylic acids is 2. The van der Waals surface area contributed by atoms with Gasteiger partial charge >= 0.3 is 0 Å². The van der Waals surface area contributed by atoms with Gasteiger partial charge in [-0.2, -0.15) is 0 Å². The lowest BCUT2D eigenvalue weighted by Crippen LogP contribution is -2.52. The number of nitrogens with zero attached hydrogens (tertiary/aromatic N) is 2. The third-order valence-corrected chi connectivity index (χ3v) is 9.85. The smallest absolute Gasteiger partial charge is 0.248 e. The number of methoxy groups -OCH3 is 1. The highest BCUT2D eigenvalue weighted by atomic mass is 16.5. The Balaban J connectivity index is 1.47. The Morgan fingerprint density at radius 2 is 1.93 bits per heavy atom. The molecule has 3 aromatic rings. The first-order chi connectivity index (χ1) is 19.3. The number of carbonyl (C=O) groups is 2. The minimum atomic E-state index is -0.553. The SMILES string of the molecule is C=C1CN(C(=O)C23CC2c2cc(OC)ccc2-c2c(C4CCCCC4)c4ccc(C(N)=O)cc4n2C3)CC(C)N1. The molecule has 2 aromatic carbocycles. The predicted molar refractivity (Wildman–Crippen MR) is 156 cm³/mol. The summed E-state index contributed by atoms with van der Waals surface area (Å²) in [6.07, 6.45) is 6.83. The molecular weight excluding hydrogens is 500 g/mol. The summed E-state index contributed by atoms with van der Waals surface area (Å²) in [7, 11) is 1.70. The highest BCUT2D eigenvalue weighted by Gasteiger charge is 2.64. The van der Waals surface area contributed by atoms with Gasteiger partial charge < -0.3 is 25.3 Å². The van der Waals surface area contributed by atoms with Gasteiger partial charge in [0.05, 0.1) is 24.8 Å². The number of nitrogens with one attached hydrogen (secondary N) is 1. The second kappa shape index (κ2) is 9.15. The van der Waals surface area contributed by atoms with Crippen LogP contribution in [0.3, 0.4) is 0 Å². The van der Waals surface area contributed by atoms with Crippen LogP contribution in [0.1, 0.15) is 78.8 Å². The van der Waals surface area contributed by atoms with Crippen LogP contribution in [-0.4, -0.2) is 47.5 Å². The van der Waals surface area contributed by atoms with E-state index in [0.29, 0.717) is 31.1 Å². The van der Waals surface area contributed by atoms with E-state index in [9.17, 15) is 9.59 Å². The molecule has 0 radical (unpaired) electrons. The zero-order valence-corrected chi connectivity index (χ0v) is 23.5. The largest absolute Gasteiger partial charge is 0.497 e. The normalized spacial score (nSPS) is 25.9. The van der Waals surface area contributed by atoms with Gasteiger partial charge in [-0.05, 0) is 73.6 Å². The van der Waals surface area contributed by atoms with Crippen LogP contribution in [0.2, 0.25) is 0 Å². The molecule has 1 saturated heterocycles. The zero-order valence-electron chi connectivity index (χ0n) is 23.5. The van der Waals surface area contributed by atoms with Gasteiger partial charge in [-0.15, -0.1) is 0 Å². The lowest BCUT2D eigenvalue weighted by atomic mass is 9.81. The average Bonchev–Trinajstić information content (AvgIpc) is 3.62. The number of hydrogen-bond donors (Lipinski definition) is 2. The number of benzene rings is 2. The molecule has 7 nitrogen and oxygen atoms in total. The fourth-order valence-corrected chi connectivity index (χ4v) is 7.97. The summed E-state index contributed by atoms with van der Waals surface area (Å²) in [5.74, 6) is 1.13. The number of primary amides is 1. The fraction of sp³-hybridized carbons (Fsp3) is 0.455. The van der Waals surface area contributed by atoms with Gasteiger partial charge in [0.25, 0.3) is 0 Å². The molecule has 40 heavy (non-hydrogen) atoms. The monoisotopic (exact) mass is 538 g/mol. The van der Waals surface area contributed by atoms with Crippen LogP contribution in [0.4, 0.5) is 0 Å². The first kappa shape index (κ1) is 25.2. The van der Waals surface area contributed by atoms with Gasteiger partial charge in [0.1, 0.15) is 5.75 Å². The molecule has 2 amide bonds. The molecule has 3 N–H and O–H groups in total. The molecular formula is C33H38N4O3. The number of fused-ring (bicyclic) bond motifs is 7. The van der Waals surface area contributed by atoms with Crippen molar-refractivity contribution in [2.24, 2.45) is 11.1 Å². The molecule has 3 unspecified atom stereocenters. The summed E-state index contributed by atoms with van der Waals surface area (Å²) in [5, 5.41) is 4.56. The Morgan fingerprint density at radius 3 is 2.65 bits per heavy atom. The van der Waals surface area contributed by atoms with Crippen LogP contribution in [0, 0.1) is 5.41 Å². The Morgan fingerprint density at radius 1 is 1.12 bits per heavy atom. The van der Waals surface area contributed by atoms with Crippen LogP contribution >= 0.6 is 0 Å². The van der Waals surface area contributed by atoms with E-state index in [0.717, 1.165) is 36.2 Å². The number of amides is 2. The van der Waals surface area contributed by atoms with Crippen LogP contribution < -0.4 is 15.8 Å². The molecule has 0 spiro atoms. The van der Waals surface area contributed by atoms with E-state index in [1.165, 1.54) is 47.0 Å². The maximum Gasteiger partial charge on any atom is 0.248 e. The van der Waals surface area contributed by atoms with Crippen molar-refractivity contribution in [2.75, 3.05) is 20.2 Å². The van der Waals surface area contributed by atoms with Crippen LogP contribution in [0.25, 0.3) is 22.2 Å². The maximum absolute atomic E-state index is 14.5. The van der Waals surface area contributed by atoms with Crippen molar-refractivity contribution in [2.45, 2.75) is 69.9 Å². The molecule has 2 aliphatic heterocycles. The van der Waals surface area contributed by atoms with Gasteiger partial charge in [-0.1, -0.05) is 31.9 Å². The van der Waals surface area contributed by atoms with E-state index in [2.05, 4.69) is 41.6 Å². The quantitative estimate of drug-likeness (QED) is 0.473. The summed E-state index contributed by atoms with van der Waals surface area (Å²) in [4.78, 5) is 28.8. The predicted octanol–water partition coefficient (Wildman–Crippen LogP) is 5.28. The molecule has 3 heterocycles. The Kier molecular flexibility index (Phi) is 5.77. The van der Waals surface area contributed by atoms with Crippen molar-refractivity contribution < 1.29 is 14.3 Å². The molecule has 0 bridgehead atoms. The van der Waals surface area contributed by atoms with Gasteiger partial charge in [0, 0.05) is 52.8 Å². The summed E-state index contributed by atoms with van der Waals surface area (Å²) >= 11 is 0. The van der Waals surface area contributed by atoms with Crippen LogP contribution in [-0.2, 0) is 11.3 Å². The Hall–Kier alpha value is -3.74. The molecule has 3 atom stereocenters. The van der Waals surface area contributed by atoms with Crippen LogP contribution in [0.5, 0.6) is 5.75 Å². The van der Waals surface area contributed by atoms with E-state index >= 15 is 0 Å². The van der Waals surface area contributed by atoms with Gasteiger partial charge in [-0.25, -0.2) is 0 Å². The summed E-state index contributed by atoms with van der Waals surface area (Å²) in [6.45, 7) is 8.01. The number of hydrogen-bond acceptors (Lipinski definition) is 4. The fourth-order valence-electron chi connectivity index (χ4n) is 7.97. The number of ether oxygens (including phenoxy) is 1. The molecule has 7 rings (SSSR count). The number of nitrogens with two attached hydrogens (primary N) is 1.